The number of aromatic nitrogens is 5. The van der Waals surface area contributed by atoms with Gasteiger partial charge >= 0.3 is 0 Å². The van der Waals surface area contributed by atoms with Crippen LogP contribution in [0.2, 0.25) is 5.02 Å². The summed E-state index contributed by atoms with van der Waals surface area (Å²) in [4.78, 5) is 20.0. The number of piperidine rings is 1. The highest BCUT2D eigenvalue weighted by Crippen LogP contribution is 2.34. The topological polar surface area (TPSA) is 99.7 Å². The van der Waals surface area contributed by atoms with Crippen molar-refractivity contribution in [3.63, 3.8) is 0 Å². The van der Waals surface area contributed by atoms with Crippen molar-refractivity contribution in [2.45, 2.75) is 64.7 Å². The molecule has 1 aliphatic rings. The van der Waals surface area contributed by atoms with E-state index in [1.165, 1.54) is 0 Å². The summed E-state index contributed by atoms with van der Waals surface area (Å²) in [5, 5.41) is 18.9. The Morgan fingerprint density at radius 1 is 1.18 bits per heavy atom. The summed E-state index contributed by atoms with van der Waals surface area (Å²) in [7, 11) is 0. The Bertz CT molecular complexity index is 1060. The zero-order chi connectivity index (χ0) is 23.2. The molecule has 0 atom stereocenters. The molecule has 1 aliphatic heterocycles. The van der Waals surface area contributed by atoms with Crippen LogP contribution in [-0.4, -0.2) is 44.6 Å². The van der Waals surface area contributed by atoms with Gasteiger partial charge in [0.25, 0.3) is 0 Å². The highest BCUT2D eigenvalue weighted by atomic mass is 35.5. The third-order valence-electron chi connectivity index (χ3n) is 6.48. The molecule has 3 heterocycles. The van der Waals surface area contributed by atoms with Crippen molar-refractivity contribution in [3.05, 3.63) is 35.1 Å². The maximum absolute atomic E-state index is 12.8. The van der Waals surface area contributed by atoms with E-state index in [2.05, 4.69) is 44.7 Å². The molecule has 1 fully saturated rings. The van der Waals surface area contributed by atoms with Crippen molar-refractivity contribution in [1.29, 1.82) is 0 Å². The molecule has 1 amide bonds. The molecule has 4 rings (SSSR count). The fourth-order valence-electron chi connectivity index (χ4n) is 4.80. The molecule has 8 nitrogen and oxygen atoms in total. The van der Waals surface area contributed by atoms with Gasteiger partial charge in [-0.15, -0.1) is 10.2 Å². The summed E-state index contributed by atoms with van der Waals surface area (Å²) in [6.07, 6.45) is 6.75. The highest BCUT2D eigenvalue weighted by molar-refractivity contribution is 6.35. The van der Waals surface area contributed by atoms with Crippen LogP contribution in [0.5, 0.6) is 0 Å². The smallest absolute Gasteiger partial charge is 0.224 e. The van der Waals surface area contributed by atoms with Crippen LogP contribution in [0, 0.1) is 5.92 Å². The molecule has 0 radical (unpaired) electrons. The minimum absolute atomic E-state index is 0.0175. The Labute approximate surface area is 199 Å². The minimum Gasteiger partial charge on any atom is -0.357 e. The first kappa shape index (κ1) is 23.4. The predicted octanol–water partition coefficient (Wildman–Crippen LogP) is 5.33. The summed E-state index contributed by atoms with van der Waals surface area (Å²) in [6, 6.07) is 7.76. The van der Waals surface area contributed by atoms with E-state index in [0.29, 0.717) is 29.0 Å². The zero-order valence-electron chi connectivity index (χ0n) is 19.4. The van der Waals surface area contributed by atoms with Gasteiger partial charge in [-0.05, 0) is 43.0 Å². The van der Waals surface area contributed by atoms with Crippen molar-refractivity contribution in [2.75, 3.05) is 23.3 Å². The van der Waals surface area contributed by atoms with Gasteiger partial charge in [0.1, 0.15) is 5.82 Å². The monoisotopic (exact) mass is 469 g/mol. The van der Waals surface area contributed by atoms with E-state index in [4.69, 9.17) is 16.6 Å². The van der Waals surface area contributed by atoms with E-state index >= 15 is 0 Å². The number of pyridine rings is 1. The number of halogens is 1. The van der Waals surface area contributed by atoms with Gasteiger partial charge in [0, 0.05) is 30.8 Å². The summed E-state index contributed by atoms with van der Waals surface area (Å²) in [6.45, 7) is 6.09. The summed E-state index contributed by atoms with van der Waals surface area (Å²) >= 11 is 6.49. The molecule has 0 spiro atoms. The highest BCUT2D eigenvalue weighted by Gasteiger charge is 2.24. The molecule has 0 saturated carbocycles. The molecule has 1 saturated heterocycles. The summed E-state index contributed by atoms with van der Waals surface area (Å²) in [5.74, 6) is 2.47. The first-order chi connectivity index (χ1) is 16.1. The molecule has 0 aliphatic carbocycles. The number of rotatable bonds is 9. The second kappa shape index (κ2) is 10.9. The molecule has 0 bridgehead atoms. The number of benzene rings is 1. The van der Waals surface area contributed by atoms with Crippen LogP contribution in [0.15, 0.2) is 24.3 Å². The van der Waals surface area contributed by atoms with Gasteiger partial charge < -0.3 is 10.2 Å². The zero-order valence-corrected chi connectivity index (χ0v) is 20.1. The number of aromatic amines is 1. The van der Waals surface area contributed by atoms with Crippen LogP contribution in [-0.2, 0) is 4.79 Å². The Morgan fingerprint density at radius 3 is 2.61 bits per heavy atom. The van der Waals surface area contributed by atoms with Crippen LogP contribution in [0.4, 0.5) is 11.5 Å². The standard InChI is InChI=1S/C24H32ClN7O/c1-3-5-16(6-4-2)15-22(33)27-23-18-7-10-21(26-20(18)9-8-19(23)25)32-13-11-17(12-14-32)24-28-30-31-29-24/h7-10,16-17H,3-6,11-15H2,1-2H3,(H,27,33)(H,28,29,30,31). The number of amides is 1. The molecule has 0 unspecified atom stereocenters. The lowest BCUT2D eigenvalue weighted by atomic mass is 9.94. The molecule has 176 valence electrons. The Morgan fingerprint density at radius 2 is 1.94 bits per heavy atom. The third-order valence-corrected chi connectivity index (χ3v) is 6.80. The van der Waals surface area contributed by atoms with Crippen molar-refractivity contribution in [1.82, 2.24) is 25.6 Å². The second-order valence-corrected chi connectivity index (χ2v) is 9.29. The molecule has 9 heteroatoms. The van der Waals surface area contributed by atoms with Crippen LogP contribution in [0.25, 0.3) is 10.9 Å². The van der Waals surface area contributed by atoms with Gasteiger partial charge in [-0.3, -0.25) is 4.79 Å². The first-order valence-corrected chi connectivity index (χ1v) is 12.3. The van der Waals surface area contributed by atoms with Crippen molar-refractivity contribution < 1.29 is 4.79 Å². The van der Waals surface area contributed by atoms with E-state index in [9.17, 15) is 4.79 Å². The number of H-pyrrole nitrogens is 1. The molecular weight excluding hydrogens is 438 g/mol. The van der Waals surface area contributed by atoms with Gasteiger partial charge in [0.05, 0.1) is 16.2 Å². The van der Waals surface area contributed by atoms with Gasteiger partial charge in [-0.1, -0.05) is 56.3 Å². The quantitative estimate of drug-likeness (QED) is 0.439. The number of fused-ring (bicyclic) bond motifs is 1. The number of tetrazole rings is 1. The van der Waals surface area contributed by atoms with Crippen molar-refractivity contribution in [3.8, 4) is 0 Å². The van der Waals surface area contributed by atoms with Crippen LogP contribution >= 0.6 is 11.6 Å². The van der Waals surface area contributed by atoms with E-state index in [1.807, 2.05) is 24.3 Å². The average Bonchev–Trinajstić information content (AvgIpc) is 3.36. The predicted molar refractivity (Wildman–Crippen MR) is 132 cm³/mol. The minimum atomic E-state index is 0.0175. The first-order valence-electron chi connectivity index (χ1n) is 12.0. The molecule has 1 aromatic carbocycles. The molecule has 2 aromatic heterocycles. The van der Waals surface area contributed by atoms with E-state index in [-0.39, 0.29) is 5.91 Å². The van der Waals surface area contributed by atoms with Gasteiger partial charge in [0.15, 0.2) is 5.82 Å². The number of carbonyl (C=O) groups excluding carboxylic acids is 1. The number of hydrogen-bond acceptors (Lipinski definition) is 6. The molecule has 33 heavy (non-hydrogen) atoms. The number of anilines is 2. The Hall–Kier alpha value is -2.74. The third kappa shape index (κ3) is 5.61. The van der Waals surface area contributed by atoms with Crippen LogP contribution in [0.3, 0.4) is 0 Å². The fourth-order valence-corrected chi connectivity index (χ4v) is 5.01. The fraction of sp³-hybridized carbons (Fsp3) is 0.542. The number of hydrogen-bond donors (Lipinski definition) is 2. The Balaban J connectivity index is 1.47. The van der Waals surface area contributed by atoms with Gasteiger partial charge in [-0.25, -0.2) is 4.98 Å². The molecular formula is C24H32ClN7O. The second-order valence-electron chi connectivity index (χ2n) is 8.89. The maximum Gasteiger partial charge on any atom is 0.224 e. The lowest BCUT2D eigenvalue weighted by molar-refractivity contribution is -0.117. The summed E-state index contributed by atoms with van der Waals surface area (Å²) < 4.78 is 0. The van der Waals surface area contributed by atoms with Crippen LogP contribution in [0.1, 0.15) is 70.5 Å². The maximum atomic E-state index is 12.8. The lowest BCUT2D eigenvalue weighted by Gasteiger charge is -2.31. The number of nitrogens with one attached hydrogen (secondary N) is 2. The molecule has 2 N–H and O–H groups in total. The van der Waals surface area contributed by atoms with Gasteiger partial charge in [0.2, 0.25) is 5.91 Å². The largest absolute Gasteiger partial charge is 0.357 e. The van der Waals surface area contributed by atoms with Crippen LogP contribution < -0.4 is 10.2 Å². The average molecular weight is 470 g/mol. The van der Waals surface area contributed by atoms with E-state index in [0.717, 1.165) is 74.2 Å². The molecule has 3 aromatic rings. The lowest BCUT2D eigenvalue weighted by Crippen LogP contribution is -2.33. The van der Waals surface area contributed by atoms with E-state index < -0.39 is 0 Å². The van der Waals surface area contributed by atoms with Gasteiger partial charge in [-0.2, -0.15) is 5.21 Å². The van der Waals surface area contributed by atoms with Crippen molar-refractivity contribution >= 4 is 39.9 Å². The SMILES string of the molecule is CCCC(CCC)CC(=O)Nc1c(Cl)ccc2nc(N3CCC(c4nn[nH]n4)CC3)ccc12. The summed E-state index contributed by atoms with van der Waals surface area (Å²) in [5.41, 5.74) is 1.48. The van der Waals surface area contributed by atoms with E-state index in [1.54, 1.807) is 0 Å². The number of nitrogens with zero attached hydrogens (tertiary/aromatic N) is 5. The normalized spacial score (nSPS) is 14.8. The van der Waals surface area contributed by atoms with Crippen molar-refractivity contribution in [2.24, 2.45) is 5.92 Å². The Kier molecular flexibility index (Phi) is 7.75. The number of carbonyl (C=O) groups is 1.